The van der Waals surface area contributed by atoms with Gasteiger partial charge in [0.1, 0.15) is 0 Å². The Morgan fingerprint density at radius 1 is 0.846 bits per heavy atom. The van der Waals surface area contributed by atoms with E-state index in [0.29, 0.717) is 0 Å². The van der Waals surface area contributed by atoms with Crippen molar-refractivity contribution in [3.8, 4) is 0 Å². The first-order valence-corrected chi connectivity index (χ1v) is 6.63. The van der Waals surface area contributed by atoms with Gasteiger partial charge in [-0.25, -0.2) is 0 Å². The Kier molecular flexibility index (Phi) is 11.8. The van der Waals surface area contributed by atoms with Crippen LogP contribution in [0, 0.1) is 0 Å². The van der Waals surface area contributed by atoms with E-state index in [9.17, 15) is 0 Å². The second kappa shape index (κ2) is 11.9. The third-order valence-corrected chi connectivity index (χ3v) is 2.73. The number of allylic oxidation sites excluding steroid dienone is 2. The van der Waals surface area contributed by atoms with Crippen LogP contribution in [0.25, 0.3) is 0 Å². The first-order chi connectivity index (χ1) is 6.41. The van der Waals surface area contributed by atoms with Crippen molar-refractivity contribution >= 4 is 8.58 Å². The van der Waals surface area contributed by atoms with Gasteiger partial charge >= 0.3 is 0 Å². The van der Waals surface area contributed by atoms with E-state index in [1.165, 1.54) is 38.5 Å². The highest BCUT2D eigenvalue weighted by Crippen LogP contribution is 2.15. The first kappa shape index (κ1) is 12.9. The summed E-state index contributed by atoms with van der Waals surface area (Å²) in [5, 5.41) is 0. The predicted octanol–water partition coefficient (Wildman–Crippen LogP) is 5.07. The lowest BCUT2D eigenvalue weighted by Gasteiger charge is -1.89. The molecule has 13 heavy (non-hydrogen) atoms. The zero-order valence-electron chi connectivity index (χ0n) is 9.05. The third-order valence-electron chi connectivity index (χ3n) is 1.88. The Morgan fingerprint density at radius 3 is 1.69 bits per heavy atom. The van der Waals surface area contributed by atoms with Crippen molar-refractivity contribution in [2.24, 2.45) is 0 Å². The molecule has 0 saturated carbocycles. The molecule has 1 heteroatoms. The molecular formula is C12H23P. The summed E-state index contributed by atoms with van der Waals surface area (Å²) in [4.78, 5) is 0. The highest BCUT2D eigenvalue weighted by Gasteiger charge is 1.78. The van der Waals surface area contributed by atoms with Crippen molar-refractivity contribution in [2.75, 3.05) is 0 Å². The van der Waals surface area contributed by atoms with Crippen LogP contribution in [0.5, 0.6) is 0 Å². The topological polar surface area (TPSA) is 0 Å². The second-order valence-electron chi connectivity index (χ2n) is 3.26. The van der Waals surface area contributed by atoms with Gasteiger partial charge in [-0.15, -0.1) is 0 Å². The summed E-state index contributed by atoms with van der Waals surface area (Å²) in [6.45, 7) is 4.47. The van der Waals surface area contributed by atoms with E-state index in [2.05, 4.69) is 37.6 Å². The SMILES string of the molecule is CCCC/C=C/P/C=C/CCCC. The molecule has 0 N–H and O–H groups in total. The maximum atomic E-state index is 2.31. The molecule has 0 atom stereocenters. The van der Waals surface area contributed by atoms with E-state index in [0.717, 1.165) is 8.58 Å². The highest BCUT2D eigenvalue weighted by atomic mass is 31.1. The van der Waals surface area contributed by atoms with Crippen LogP contribution < -0.4 is 0 Å². The molecule has 0 aromatic rings. The molecule has 0 spiro atoms. The van der Waals surface area contributed by atoms with Crippen molar-refractivity contribution in [1.29, 1.82) is 0 Å². The van der Waals surface area contributed by atoms with Crippen LogP contribution in [-0.4, -0.2) is 0 Å². The molecule has 0 unspecified atom stereocenters. The monoisotopic (exact) mass is 198 g/mol. The zero-order valence-corrected chi connectivity index (χ0v) is 10.1. The normalized spacial score (nSPS) is 11.8. The molecule has 0 aliphatic heterocycles. The molecular weight excluding hydrogens is 175 g/mol. The van der Waals surface area contributed by atoms with Crippen LogP contribution in [0.2, 0.25) is 0 Å². The lowest BCUT2D eigenvalue weighted by Crippen LogP contribution is -1.65. The highest BCUT2D eigenvalue weighted by molar-refractivity contribution is 7.45. The van der Waals surface area contributed by atoms with E-state index in [1.807, 2.05) is 0 Å². The summed E-state index contributed by atoms with van der Waals surface area (Å²) in [5.41, 5.74) is 0. The summed E-state index contributed by atoms with van der Waals surface area (Å²) in [7, 11) is 0.894. The maximum absolute atomic E-state index is 2.31. The summed E-state index contributed by atoms with van der Waals surface area (Å²) >= 11 is 0. The van der Waals surface area contributed by atoms with Gasteiger partial charge in [0.15, 0.2) is 0 Å². The van der Waals surface area contributed by atoms with Gasteiger partial charge in [-0.2, -0.15) is 0 Å². The Morgan fingerprint density at radius 2 is 1.31 bits per heavy atom. The molecule has 0 aromatic carbocycles. The molecule has 0 rings (SSSR count). The van der Waals surface area contributed by atoms with Crippen LogP contribution in [-0.2, 0) is 0 Å². The minimum Gasteiger partial charge on any atom is -0.0840 e. The molecule has 0 aliphatic rings. The Hall–Kier alpha value is -0.0900. The average Bonchev–Trinajstić information content (AvgIpc) is 2.16. The molecule has 0 aliphatic carbocycles. The first-order valence-electron chi connectivity index (χ1n) is 5.47. The standard InChI is InChI=1S/C12H23P/c1-3-5-7-9-11-13-12-10-8-6-4-2/h9-13H,3-8H2,1-2H3/b11-9+,12-10+. The van der Waals surface area contributed by atoms with Gasteiger partial charge in [-0.05, 0) is 12.8 Å². The summed E-state index contributed by atoms with van der Waals surface area (Å²) < 4.78 is 0. The Balaban J connectivity index is 3.13. The molecule has 0 heterocycles. The number of rotatable bonds is 8. The van der Waals surface area contributed by atoms with Crippen molar-refractivity contribution in [2.45, 2.75) is 52.4 Å². The summed E-state index contributed by atoms with van der Waals surface area (Å²) in [5.74, 6) is 4.61. The molecule has 0 aromatic heterocycles. The quantitative estimate of drug-likeness (QED) is 0.377. The van der Waals surface area contributed by atoms with Crippen LogP contribution >= 0.6 is 8.58 Å². The Bertz CT molecular complexity index is 120. The summed E-state index contributed by atoms with van der Waals surface area (Å²) in [6.07, 6.45) is 12.4. The smallest absolute Gasteiger partial charge is 0.0347 e. The molecule has 0 nitrogen and oxygen atoms in total. The second-order valence-corrected chi connectivity index (χ2v) is 4.26. The number of hydrogen-bond acceptors (Lipinski definition) is 0. The van der Waals surface area contributed by atoms with Crippen LogP contribution in [0.4, 0.5) is 0 Å². The van der Waals surface area contributed by atoms with Crippen molar-refractivity contribution in [3.05, 3.63) is 23.8 Å². The molecule has 0 fully saturated rings. The molecule has 0 radical (unpaired) electrons. The van der Waals surface area contributed by atoms with Gasteiger partial charge in [-0.3, -0.25) is 0 Å². The van der Waals surface area contributed by atoms with Crippen LogP contribution in [0.3, 0.4) is 0 Å². The fraction of sp³-hybridized carbons (Fsp3) is 0.667. The van der Waals surface area contributed by atoms with E-state index in [1.54, 1.807) is 0 Å². The number of unbranched alkanes of at least 4 members (excludes halogenated alkanes) is 4. The average molecular weight is 198 g/mol. The van der Waals surface area contributed by atoms with E-state index >= 15 is 0 Å². The predicted molar refractivity (Wildman–Crippen MR) is 65.6 cm³/mol. The van der Waals surface area contributed by atoms with Gasteiger partial charge in [0, 0.05) is 0 Å². The Labute approximate surface area is 85.3 Å². The van der Waals surface area contributed by atoms with Crippen LogP contribution in [0.15, 0.2) is 23.8 Å². The maximum Gasteiger partial charge on any atom is -0.0347 e. The van der Waals surface area contributed by atoms with Crippen molar-refractivity contribution < 1.29 is 0 Å². The fourth-order valence-corrected chi connectivity index (χ4v) is 1.72. The van der Waals surface area contributed by atoms with Crippen LogP contribution in [0.1, 0.15) is 52.4 Å². The van der Waals surface area contributed by atoms with E-state index in [-0.39, 0.29) is 0 Å². The molecule has 0 saturated heterocycles. The molecule has 0 amide bonds. The van der Waals surface area contributed by atoms with Gasteiger partial charge in [-0.1, -0.05) is 71.9 Å². The fourth-order valence-electron chi connectivity index (χ4n) is 1.00. The number of hydrogen-bond donors (Lipinski definition) is 0. The minimum absolute atomic E-state index is 0.894. The van der Waals surface area contributed by atoms with E-state index in [4.69, 9.17) is 0 Å². The van der Waals surface area contributed by atoms with Crippen molar-refractivity contribution in [3.63, 3.8) is 0 Å². The van der Waals surface area contributed by atoms with E-state index < -0.39 is 0 Å². The largest absolute Gasteiger partial charge is 0.0840 e. The van der Waals surface area contributed by atoms with Gasteiger partial charge in [0.05, 0.1) is 0 Å². The summed E-state index contributed by atoms with van der Waals surface area (Å²) in [6, 6.07) is 0. The van der Waals surface area contributed by atoms with Crippen molar-refractivity contribution in [1.82, 2.24) is 0 Å². The lowest BCUT2D eigenvalue weighted by atomic mass is 10.2. The minimum atomic E-state index is 0.894. The van der Waals surface area contributed by atoms with Gasteiger partial charge in [0.2, 0.25) is 0 Å². The van der Waals surface area contributed by atoms with Gasteiger partial charge in [0.25, 0.3) is 0 Å². The van der Waals surface area contributed by atoms with Gasteiger partial charge < -0.3 is 0 Å². The zero-order chi connectivity index (χ0) is 9.78. The lowest BCUT2D eigenvalue weighted by molar-refractivity contribution is 0.815. The molecule has 0 bridgehead atoms. The third kappa shape index (κ3) is 11.9. The molecule has 76 valence electrons.